The fourth-order valence-electron chi connectivity index (χ4n) is 0.797. The molecular formula is C9H21FO3Si. The number of rotatable bonds is 9. The molecule has 0 aromatic rings. The van der Waals surface area contributed by atoms with Crippen molar-refractivity contribution < 1.29 is 17.4 Å². The third-order valence-electron chi connectivity index (χ3n) is 1.44. The van der Waals surface area contributed by atoms with E-state index in [2.05, 4.69) is 0 Å². The van der Waals surface area contributed by atoms with Crippen molar-refractivity contribution in [1.82, 2.24) is 0 Å². The lowest BCUT2D eigenvalue weighted by atomic mass is 10.5. The normalized spacial score (nSPS) is 12.0. The van der Waals surface area contributed by atoms with Gasteiger partial charge in [-0.1, -0.05) is 20.8 Å². The zero-order valence-corrected chi connectivity index (χ0v) is 10.3. The molecule has 0 N–H and O–H groups in total. The van der Waals surface area contributed by atoms with Crippen molar-refractivity contribution >= 4 is 9.14 Å². The third kappa shape index (κ3) is 6.48. The van der Waals surface area contributed by atoms with Crippen molar-refractivity contribution in [3.05, 3.63) is 0 Å². The van der Waals surface area contributed by atoms with Crippen LogP contribution in [0.2, 0.25) is 0 Å². The molecule has 0 aliphatic heterocycles. The molecule has 0 radical (unpaired) electrons. The molecule has 0 fully saturated rings. The monoisotopic (exact) mass is 224 g/mol. The summed E-state index contributed by atoms with van der Waals surface area (Å²) in [5.74, 6) is 0. The van der Waals surface area contributed by atoms with E-state index in [0.29, 0.717) is 19.8 Å². The predicted molar refractivity (Wildman–Crippen MR) is 55.6 cm³/mol. The largest absolute Gasteiger partial charge is 0.720 e. The van der Waals surface area contributed by atoms with E-state index in [0.717, 1.165) is 19.3 Å². The molecule has 0 spiro atoms. The average Bonchev–Trinajstić information content (AvgIpc) is 2.21. The van der Waals surface area contributed by atoms with Gasteiger partial charge in [0.1, 0.15) is 0 Å². The summed E-state index contributed by atoms with van der Waals surface area (Å²) in [6.45, 7) is 6.85. The molecule has 0 bridgehead atoms. The third-order valence-corrected chi connectivity index (χ3v) is 3.08. The van der Waals surface area contributed by atoms with Gasteiger partial charge in [0.25, 0.3) is 0 Å². The molecule has 0 aromatic heterocycles. The van der Waals surface area contributed by atoms with Gasteiger partial charge in [-0.05, 0) is 19.3 Å². The van der Waals surface area contributed by atoms with Gasteiger partial charge in [0.2, 0.25) is 0 Å². The van der Waals surface area contributed by atoms with Crippen LogP contribution in [-0.2, 0) is 13.3 Å². The highest BCUT2D eigenvalue weighted by molar-refractivity contribution is 6.52. The Morgan fingerprint density at radius 1 is 0.786 bits per heavy atom. The van der Waals surface area contributed by atoms with E-state index in [4.69, 9.17) is 13.3 Å². The number of hydrogen-bond donors (Lipinski definition) is 0. The zero-order chi connectivity index (χ0) is 10.9. The van der Waals surface area contributed by atoms with Crippen LogP contribution in [0.4, 0.5) is 4.11 Å². The summed E-state index contributed by atoms with van der Waals surface area (Å²) in [6, 6.07) is 0. The Balaban J connectivity index is 3.89. The molecule has 0 heterocycles. The summed E-state index contributed by atoms with van der Waals surface area (Å²) in [4.78, 5) is 0. The van der Waals surface area contributed by atoms with Crippen LogP contribution in [0.3, 0.4) is 0 Å². The molecule has 0 unspecified atom stereocenters. The molecule has 0 aliphatic carbocycles. The summed E-state index contributed by atoms with van der Waals surface area (Å²) in [5.41, 5.74) is 0. The minimum Gasteiger partial charge on any atom is -0.348 e. The fourth-order valence-corrected chi connectivity index (χ4v) is 2.39. The molecule has 14 heavy (non-hydrogen) atoms. The first-order chi connectivity index (χ1) is 6.68. The van der Waals surface area contributed by atoms with Gasteiger partial charge in [-0.3, -0.25) is 0 Å². The van der Waals surface area contributed by atoms with Gasteiger partial charge in [-0.25, -0.2) is 4.11 Å². The Morgan fingerprint density at radius 3 is 1.29 bits per heavy atom. The van der Waals surface area contributed by atoms with E-state index in [9.17, 15) is 4.11 Å². The van der Waals surface area contributed by atoms with Crippen LogP contribution in [-0.4, -0.2) is 29.0 Å². The van der Waals surface area contributed by atoms with Crippen LogP contribution in [0.25, 0.3) is 0 Å². The maximum absolute atomic E-state index is 13.8. The SMILES string of the molecule is CCCO[Si](F)(OCCC)OCCC. The first-order valence-corrected chi connectivity index (χ1v) is 6.89. The van der Waals surface area contributed by atoms with Crippen molar-refractivity contribution in [2.45, 2.75) is 40.0 Å². The molecule has 0 aromatic carbocycles. The standard InChI is InChI=1S/C9H21FO3Si/c1-4-7-11-14(10,12-8-5-2)13-9-6-3/h4-9H2,1-3H3. The fraction of sp³-hybridized carbons (Fsp3) is 1.00. The van der Waals surface area contributed by atoms with Gasteiger partial charge < -0.3 is 13.3 Å². The molecule has 0 atom stereocenters. The minimum atomic E-state index is -3.81. The van der Waals surface area contributed by atoms with Gasteiger partial charge in [0.15, 0.2) is 0 Å². The lowest BCUT2D eigenvalue weighted by Crippen LogP contribution is -2.42. The lowest BCUT2D eigenvalue weighted by molar-refractivity contribution is 0.0203. The number of hydrogen-bond acceptors (Lipinski definition) is 3. The topological polar surface area (TPSA) is 27.7 Å². The van der Waals surface area contributed by atoms with E-state index in [1.807, 2.05) is 20.8 Å². The number of halogens is 1. The van der Waals surface area contributed by atoms with E-state index in [1.165, 1.54) is 0 Å². The van der Waals surface area contributed by atoms with Crippen molar-refractivity contribution in [2.24, 2.45) is 0 Å². The van der Waals surface area contributed by atoms with Crippen molar-refractivity contribution in [3.8, 4) is 0 Å². The summed E-state index contributed by atoms with van der Waals surface area (Å²) in [6.07, 6.45) is 2.30. The van der Waals surface area contributed by atoms with E-state index in [-0.39, 0.29) is 0 Å². The first-order valence-electron chi connectivity index (χ1n) is 5.29. The van der Waals surface area contributed by atoms with Crippen LogP contribution in [0.5, 0.6) is 0 Å². The van der Waals surface area contributed by atoms with Gasteiger partial charge in [0, 0.05) is 19.8 Å². The maximum atomic E-state index is 13.8. The molecule has 0 rings (SSSR count). The molecule has 0 saturated heterocycles. The second-order valence-corrected chi connectivity index (χ2v) is 4.86. The van der Waals surface area contributed by atoms with Crippen LogP contribution in [0.1, 0.15) is 40.0 Å². The highest BCUT2D eigenvalue weighted by Crippen LogP contribution is 2.12. The van der Waals surface area contributed by atoms with Crippen LogP contribution >= 0.6 is 0 Å². The molecule has 0 amide bonds. The molecular weight excluding hydrogens is 203 g/mol. The maximum Gasteiger partial charge on any atom is 0.720 e. The summed E-state index contributed by atoms with van der Waals surface area (Å²) >= 11 is 0. The molecule has 5 heteroatoms. The Kier molecular flexibility index (Phi) is 8.36. The smallest absolute Gasteiger partial charge is 0.348 e. The molecule has 0 saturated carbocycles. The lowest BCUT2D eigenvalue weighted by Gasteiger charge is -2.20. The van der Waals surface area contributed by atoms with Gasteiger partial charge in [-0.15, -0.1) is 0 Å². The predicted octanol–water partition coefficient (Wildman–Crippen LogP) is 2.67. The minimum absolute atomic E-state index is 0.357. The quantitative estimate of drug-likeness (QED) is 0.445. The summed E-state index contributed by atoms with van der Waals surface area (Å²) in [5, 5.41) is 0. The summed E-state index contributed by atoms with van der Waals surface area (Å²) in [7, 11) is -3.81. The Bertz CT molecular complexity index is 113. The molecule has 0 aliphatic rings. The van der Waals surface area contributed by atoms with Crippen LogP contribution in [0.15, 0.2) is 0 Å². The van der Waals surface area contributed by atoms with E-state index >= 15 is 0 Å². The average molecular weight is 224 g/mol. The van der Waals surface area contributed by atoms with Gasteiger partial charge >= 0.3 is 9.14 Å². The van der Waals surface area contributed by atoms with Gasteiger partial charge in [0.05, 0.1) is 0 Å². The zero-order valence-electron chi connectivity index (χ0n) is 9.35. The second-order valence-electron chi connectivity index (χ2n) is 3.03. The second kappa shape index (κ2) is 8.34. The highest BCUT2D eigenvalue weighted by atomic mass is 28.4. The highest BCUT2D eigenvalue weighted by Gasteiger charge is 2.43. The first kappa shape index (κ1) is 14.0. The Labute approximate surface area is 87.1 Å². The molecule has 3 nitrogen and oxygen atoms in total. The van der Waals surface area contributed by atoms with Gasteiger partial charge in [-0.2, -0.15) is 0 Å². The van der Waals surface area contributed by atoms with Crippen molar-refractivity contribution in [1.29, 1.82) is 0 Å². The van der Waals surface area contributed by atoms with Crippen molar-refractivity contribution in [2.75, 3.05) is 19.8 Å². The van der Waals surface area contributed by atoms with Crippen molar-refractivity contribution in [3.63, 3.8) is 0 Å². The molecule has 86 valence electrons. The summed E-state index contributed by atoms with van der Waals surface area (Å²) < 4.78 is 28.9. The Hall–Kier alpha value is 0.0269. The Morgan fingerprint density at radius 2 is 1.07 bits per heavy atom. The van der Waals surface area contributed by atoms with E-state index in [1.54, 1.807) is 0 Å². The van der Waals surface area contributed by atoms with Crippen LogP contribution in [0, 0.1) is 0 Å². The van der Waals surface area contributed by atoms with Crippen LogP contribution < -0.4 is 0 Å². The van der Waals surface area contributed by atoms with E-state index < -0.39 is 9.14 Å².